The lowest BCUT2D eigenvalue weighted by Gasteiger charge is -2.26. The fourth-order valence-corrected chi connectivity index (χ4v) is 4.06. The molecular weight excluding hydrogens is 253 g/mol. The van der Waals surface area contributed by atoms with Gasteiger partial charge in [-0.05, 0) is 56.2 Å². The lowest BCUT2D eigenvalue weighted by Crippen LogP contribution is -2.32. The third-order valence-electron chi connectivity index (χ3n) is 4.99. The highest BCUT2D eigenvalue weighted by Crippen LogP contribution is 2.48. The van der Waals surface area contributed by atoms with Crippen LogP contribution in [0.15, 0.2) is 24.3 Å². The van der Waals surface area contributed by atoms with Crippen LogP contribution in [-0.4, -0.2) is 30.8 Å². The molecule has 0 aliphatic heterocycles. The Labute approximate surface area is 120 Å². The number of hydrogen-bond acceptors (Lipinski definition) is 2. The molecular formula is C17H22FNO. The minimum atomic E-state index is -0.341. The van der Waals surface area contributed by atoms with E-state index in [-0.39, 0.29) is 11.6 Å². The standard InChI is InChI=1S/C17H22FNO/c1-19(10-15-8-12-5-6-13(15)7-12)11-17(20)14-3-2-4-16(18)9-14/h2-4,9,12-13,15H,5-8,10-11H2,1H3. The van der Waals surface area contributed by atoms with Gasteiger partial charge in [-0.15, -0.1) is 0 Å². The Morgan fingerprint density at radius 1 is 1.35 bits per heavy atom. The van der Waals surface area contributed by atoms with Crippen LogP contribution in [0, 0.1) is 23.6 Å². The number of likely N-dealkylation sites (N-methyl/N-ethyl adjacent to an activating group) is 1. The lowest BCUT2D eigenvalue weighted by atomic mass is 9.88. The Morgan fingerprint density at radius 3 is 2.85 bits per heavy atom. The van der Waals surface area contributed by atoms with Crippen molar-refractivity contribution in [2.75, 3.05) is 20.1 Å². The summed E-state index contributed by atoms with van der Waals surface area (Å²) in [6.45, 7) is 1.39. The Hall–Kier alpha value is -1.22. The van der Waals surface area contributed by atoms with Gasteiger partial charge in [-0.2, -0.15) is 0 Å². The summed E-state index contributed by atoms with van der Waals surface area (Å²) in [6, 6.07) is 5.98. The van der Waals surface area contributed by atoms with Gasteiger partial charge in [0.2, 0.25) is 0 Å². The van der Waals surface area contributed by atoms with Gasteiger partial charge in [0.15, 0.2) is 5.78 Å². The van der Waals surface area contributed by atoms with Gasteiger partial charge >= 0.3 is 0 Å². The number of ketones is 1. The topological polar surface area (TPSA) is 20.3 Å². The zero-order chi connectivity index (χ0) is 14.1. The zero-order valence-corrected chi connectivity index (χ0v) is 12.0. The fourth-order valence-electron chi connectivity index (χ4n) is 4.06. The largest absolute Gasteiger partial charge is 0.299 e. The maximum Gasteiger partial charge on any atom is 0.176 e. The summed E-state index contributed by atoms with van der Waals surface area (Å²) in [5.74, 6) is 2.25. The molecule has 20 heavy (non-hydrogen) atoms. The number of Topliss-reactive ketones (excluding diaryl/α,β-unsaturated/α-hetero) is 1. The summed E-state index contributed by atoms with van der Waals surface area (Å²) in [4.78, 5) is 14.2. The minimum absolute atomic E-state index is 0.00940. The number of nitrogens with zero attached hydrogens (tertiary/aromatic N) is 1. The third kappa shape index (κ3) is 2.93. The predicted molar refractivity (Wildman–Crippen MR) is 77.2 cm³/mol. The first-order valence-electron chi connectivity index (χ1n) is 7.59. The van der Waals surface area contributed by atoms with E-state index < -0.39 is 0 Å². The number of halogens is 1. The van der Waals surface area contributed by atoms with E-state index >= 15 is 0 Å². The van der Waals surface area contributed by atoms with Crippen molar-refractivity contribution in [1.82, 2.24) is 4.90 Å². The zero-order valence-electron chi connectivity index (χ0n) is 12.0. The molecule has 2 aliphatic carbocycles. The Kier molecular flexibility index (Phi) is 3.88. The highest BCUT2D eigenvalue weighted by atomic mass is 19.1. The summed E-state index contributed by atoms with van der Waals surface area (Å²) in [7, 11) is 2.00. The Morgan fingerprint density at radius 2 is 2.20 bits per heavy atom. The van der Waals surface area contributed by atoms with E-state index in [9.17, 15) is 9.18 Å². The van der Waals surface area contributed by atoms with Crippen molar-refractivity contribution in [3.8, 4) is 0 Å². The van der Waals surface area contributed by atoms with Crippen LogP contribution in [-0.2, 0) is 0 Å². The Balaban J connectivity index is 1.53. The summed E-state index contributed by atoms with van der Waals surface area (Å²) in [5.41, 5.74) is 0.477. The van der Waals surface area contributed by atoms with E-state index in [1.807, 2.05) is 7.05 Å². The highest BCUT2D eigenvalue weighted by molar-refractivity contribution is 5.97. The van der Waals surface area contributed by atoms with Crippen molar-refractivity contribution in [2.45, 2.75) is 25.7 Å². The molecule has 0 saturated heterocycles. The normalized spacial score (nSPS) is 28.2. The molecule has 0 heterocycles. The molecule has 3 rings (SSSR count). The molecule has 2 saturated carbocycles. The van der Waals surface area contributed by atoms with Crippen LogP contribution in [0.1, 0.15) is 36.0 Å². The van der Waals surface area contributed by atoms with Crippen LogP contribution in [0.4, 0.5) is 4.39 Å². The first-order valence-corrected chi connectivity index (χ1v) is 7.59. The average Bonchev–Trinajstić information content (AvgIpc) is 3.00. The number of benzene rings is 1. The average molecular weight is 275 g/mol. The number of carbonyl (C=O) groups excluding carboxylic acids is 1. The van der Waals surface area contributed by atoms with Crippen molar-refractivity contribution in [3.05, 3.63) is 35.6 Å². The second-order valence-corrected chi connectivity index (χ2v) is 6.57. The van der Waals surface area contributed by atoms with Crippen LogP contribution in [0.25, 0.3) is 0 Å². The maximum atomic E-state index is 13.1. The second kappa shape index (κ2) is 5.65. The monoisotopic (exact) mass is 275 g/mol. The van der Waals surface area contributed by atoms with Gasteiger partial charge in [0, 0.05) is 12.1 Å². The van der Waals surface area contributed by atoms with Crippen LogP contribution >= 0.6 is 0 Å². The van der Waals surface area contributed by atoms with E-state index in [1.165, 1.54) is 37.8 Å². The predicted octanol–water partition coefficient (Wildman–Crippen LogP) is 3.38. The van der Waals surface area contributed by atoms with Gasteiger partial charge in [-0.25, -0.2) is 4.39 Å². The Bertz CT molecular complexity index is 502. The minimum Gasteiger partial charge on any atom is -0.299 e. The van der Waals surface area contributed by atoms with Gasteiger partial charge in [-0.3, -0.25) is 9.69 Å². The molecule has 0 radical (unpaired) electrons. The van der Waals surface area contributed by atoms with E-state index in [0.717, 1.165) is 24.3 Å². The number of rotatable bonds is 5. The van der Waals surface area contributed by atoms with Crippen molar-refractivity contribution >= 4 is 5.78 Å². The van der Waals surface area contributed by atoms with Crippen molar-refractivity contribution in [3.63, 3.8) is 0 Å². The molecule has 1 aromatic carbocycles. The van der Waals surface area contributed by atoms with Crippen molar-refractivity contribution in [1.29, 1.82) is 0 Å². The number of fused-ring (bicyclic) bond motifs is 2. The smallest absolute Gasteiger partial charge is 0.176 e. The third-order valence-corrected chi connectivity index (χ3v) is 4.99. The first-order chi connectivity index (χ1) is 9.61. The van der Waals surface area contributed by atoms with Crippen LogP contribution in [0.3, 0.4) is 0 Å². The number of carbonyl (C=O) groups is 1. The van der Waals surface area contributed by atoms with Gasteiger partial charge in [-0.1, -0.05) is 18.6 Å². The van der Waals surface area contributed by atoms with Crippen LogP contribution in [0.2, 0.25) is 0 Å². The first kappa shape index (κ1) is 13.7. The summed E-state index contributed by atoms with van der Waals surface area (Å²) >= 11 is 0. The maximum absolute atomic E-state index is 13.1. The summed E-state index contributed by atoms with van der Waals surface area (Å²) in [6.07, 6.45) is 5.52. The van der Waals surface area contributed by atoms with Gasteiger partial charge in [0.1, 0.15) is 5.82 Å². The highest BCUT2D eigenvalue weighted by Gasteiger charge is 2.39. The molecule has 0 amide bonds. The molecule has 0 aromatic heterocycles. The van der Waals surface area contributed by atoms with Crippen molar-refractivity contribution in [2.24, 2.45) is 17.8 Å². The van der Waals surface area contributed by atoms with Crippen molar-refractivity contribution < 1.29 is 9.18 Å². The molecule has 1 aromatic rings. The van der Waals surface area contributed by atoms with Gasteiger partial charge in [0.05, 0.1) is 6.54 Å². The van der Waals surface area contributed by atoms with E-state index in [1.54, 1.807) is 12.1 Å². The molecule has 3 heteroatoms. The molecule has 0 spiro atoms. The van der Waals surface area contributed by atoms with Crippen LogP contribution in [0.5, 0.6) is 0 Å². The molecule has 2 fully saturated rings. The molecule has 2 aliphatic rings. The van der Waals surface area contributed by atoms with E-state index in [4.69, 9.17) is 0 Å². The molecule has 2 bridgehead atoms. The van der Waals surface area contributed by atoms with Crippen LogP contribution < -0.4 is 0 Å². The van der Waals surface area contributed by atoms with Gasteiger partial charge < -0.3 is 0 Å². The lowest BCUT2D eigenvalue weighted by molar-refractivity contribution is 0.0928. The quantitative estimate of drug-likeness (QED) is 0.768. The molecule has 3 atom stereocenters. The summed E-state index contributed by atoms with van der Waals surface area (Å²) in [5, 5.41) is 0. The molecule has 3 unspecified atom stereocenters. The fraction of sp³-hybridized carbons (Fsp3) is 0.588. The second-order valence-electron chi connectivity index (χ2n) is 6.57. The SMILES string of the molecule is CN(CC(=O)c1cccc(F)c1)CC1CC2CCC1C2. The molecule has 108 valence electrons. The molecule has 2 nitrogen and oxygen atoms in total. The summed E-state index contributed by atoms with van der Waals surface area (Å²) < 4.78 is 13.1. The molecule has 0 N–H and O–H groups in total. The van der Waals surface area contributed by atoms with Gasteiger partial charge in [0.25, 0.3) is 0 Å². The van der Waals surface area contributed by atoms with E-state index in [2.05, 4.69) is 4.90 Å². The number of hydrogen-bond donors (Lipinski definition) is 0. The van der Waals surface area contributed by atoms with E-state index in [0.29, 0.717) is 12.1 Å².